The molecule has 39 heavy (non-hydrogen) atoms. The largest absolute Gasteiger partial charge is 0.508 e. The highest BCUT2D eigenvalue weighted by molar-refractivity contribution is 7.89. The highest BCUT2D eigenvalue weighted by Crippen LogP contribution is 2.25. The van der Waals surface area contributed by atoms with Crippen LogP contribution in [0, 0.1) is 0 Å². The molecule has 0 fully saturated rings. The van der Waals surface area contributed by atoms with E-state index in [4.69, 9.17) is 19.3 Å². The van der Waals surface area contributed by atoms with Gasteiger partial charge in [-0.2, -0.15) is 0 Å². The zero-order valence-electron chi connectivity index (χ0n) is 22.9. The molecule has 218 valence electrons. The number of esters is 1. The number of primary sulfonamides is 1. The van der Waals surface area contributed by atoms with Crippen LogP contribution in [0.25, 0.3) is 0 Å². The lowest BCUT2D eigenvalue weighted by molar-refractivity contribution is -0.142. The molecule has 0 saturated carbocycles. The van der Waals surface area contributed by atoms with Gasteiger partial charge in [0, 0.05) is 32.2 Å². The molecule has 11 heteroatoms. The van der Waals surface area contributed by atoms with E-state index in [0.29, 0.717) is 30.9 Å². The van der Waals surface area contributed by atoms with Crippen molar-refractivity contribution in [3.63, 3.8) is 0 Å². The molecule has 0 saturated heterocycles. The number of carbonyl (C=O) groups is 1. The Hall–Kier alpha value is -2.70. The first-order valence-corrected chi connectivity index (χ1v) is 14.8. The number of benzene rings is 2. The van der Waals surface area contributed by atoms with E-state index in [9.17, 15) is 23.4 Å². The summed E-state index contributed by atoms with van der Waals surface area (Å²) in [5.41, 5.74) is 2.00. The van der Waals surface area contributed by atoms with Crippen molar-refractivity contribution in [1.29, 1.82) is 0 Å². The summed E-state index contributed by atoms with van der Waals surface area (Å²) in [6.45, 7) is 3.82. The molecule has 2 aromatic rings. The number of aliphatic hydroxyl groups is 1. The quantitative estimate of drug-likeness (QED) is 0.148. The summed E-state index contributed by atoms with van der Waals surface area (Å²) >= 11 is 0. The Bertz CT molecular complexity index is 1140. The van der Waals surface area contributed by atoms with Gasteiger partial charge < -0.3 is 29.7 Å². The van der Waals surface area contributed by atoms with Gasteiger partial charge in [-0.25, -0.2) is 13.6 Å². The van der Waals surface area contributed by atoms with Crippen molar-refractivity contribution in [3.05, 3.63) is 53.1 Å². The molecular formula is C28H42N2O8S. The van der Waals surface area contributed by atoms with Gasteiger partial charge in [-0.05, 0) is 74.0 Å². The molecule has 0 heterocycles. The first kappa shape index (κ1) is 32.5. The van der Waals surface area contributed by atoms with E-state index in [1.165, 1.54) is 20.1 Å². The summed E-state index contributed by atoms with van der Waals surface area (Å²) in [6.07, 6.45) is 5.86. The molecule has 0 amide bonds. The van der Waals surface area contributed by atoms with E-state index in [2.05, 4.69) is 5.32 Å². The molecule has 0 aliphatic heterocycles. The maximum atomic E-state index is 11.7. The smallest absolute Gasteiger partial charge is 0.302 e. The van der Waals surface area contributed by atoms with Crippen LogP contribution < -0.4 is 15.2 Å². The van der Waals surface area contributed by atoms with Crippen LogP contribution in [-0.4, -0.2) is 58.0 Å². The normalized spacial score (nSPS) is 12.3. The lowest BCUT2D eigenvalue weighted by Crippen LogP contribution is -2.22. The van der Waals surface area contributed by atoms with Gasteiger partial charge in [0.15, 0.2) is 0 Å². The van der Waals surface area contributed by atoms with E-state index >= 15 is 0 Å². The van der Waals surface area contributed by atoms with Crippen LogP contribution in [0.3, 0.4) is 0 Å². The summed E-state index contributed by atoms with van der Waals surface area (Å²) in [4.78, 5) is 11.0. The van der Waals surface area contributed by atoms with Crippen molar-refractivity contribution >= 4 is 16.0 Å². The van der Waals surface area contributed by atoms with Crippen LogP contribution in [0.1, 0.15) is 68.2 Å². The number of nitrogens with two attached hydrogens (primary N) is 1. The van der Waals surface area contributed by atoms with E-state index in [0.717, 1.165) is 57.1 Å². The number of aliphatic hydroxyl groups excluding tert-OH is 1. The number of unbranched alkanes of at least 4 members (excludes halogenated alkanes) is 4. The zero-order valence-corrected chi connectivity index (χ0v) is 23.7. The second kappa shape index (κ2) is 17.1. The number of rotatable bonds is 19. The van der Waals surface area contributed by atoms with Crippen LogP contribution in [0.2, 0.25) is 0 Å². The Kier molecular flexibility index (Phi) is 14.2. The van der Waals surface area contributed by atoms with Crippen molar-refractivity contribution in [2.75, 3.05) is 33.4 Å². The fourth-order valence-electron chi connectivity index (χ4n) is 4.01. The topological polar surface area (TPSA) is 157 Å². The fourth-order valence-corrected chi connectivity index (χ4v) is 4.75. The predicted octanol–water partition coefficient (Wildman–Crippen LogP) is 3.33. The van der Waals surface area contributed by atoms with Gasteiger partial charge in [0.2, 0.25) is 10.0 Å². The zero-order chi connectivity index (χ0) is 28.7. The SMILES string of the molecule is COc1ccc(CCCCOCCCCCCNC[C@H](O)c2ccc(O)c(COC(C)=O)c2)cc1S(N)(=O)=O. The molecule has 0 spiro atoms. The molecule has 0 aromatic heterocycles. The average molecular weight is 567 g/mol. The second-order valence-corrected chi connectivity index (χ2v) is 10.9. The van der Waals surface area contributed by atoms with E-state index < -0.39 is 22.1 Å². The van der Waals surface area contributed by atoms with Gasteiger partial charge in [-0.15, -0.1) is 0 Å². The number of nitrogens with one attached hydrogen (secondary N) is 1. The number of phenolic OH excluding ortho intramolecular Hbond substituents is 1. The van der Waals surface area contributed by atoms with E-state index in [-0.39, 0.29) is 23.0 Å². The van der Waals surface area contributed by atoms with Crippen molar-refractivity contribution in [2.24, 2.45) is 5.14 Å². The Morgan fingerprint density at radius 1 is 1.03 bits per heavy atom. The van der Waals surface area contributed by atoms with Crippen LogP contribution in [-0.2, 0) is 37.3 Å². The van der Waals surface area contributed by atoms with Crippen LogP contribution in [0.15, 0.2) is 41.3 Å². The Morgan fingerprint density at radius 3 is 2.44 bits per heavy atom. The van der Waals surface area contributed by atoms with Crippen molar-refractivity contribution in [2.45, 2.75) is 69.5 Å². The maximum Gasteiger partial charge on any atom is 0.302 e. The molecule has 0 aliphatic rings. The van der Waals surface area contributed by atoms with Crippen LogP contribution >= 0.6 is 0 Å². The van der Waals surface area contributed by atoms with Gasteiger partial charge in [0.05, 0.1) is 13.2 Å². The summed E-state index contributed by atoms with van der Waals surface area (Å²) in [5, 5.41) is 28.8. The third-order valence-corrected chi connectivity index (χ3v) is 7.12. The standard InChI is InChI=1S/C28H42N2O8S/c1-21(31)38-20-24-18-23(11-12-25(24)32)26(33)19-30-14-6-3-4-7-15-37-16-8-5-9-22-10-13-27(36-2)28(17-22)39(29,34)35/h10-13,17-18,26,30,32-33H,3-9,14-16,19-20H2,1-2H3,(H2,29,34,35)/t26-/m0/s1. The van der Waals surface area contributed by atoms with Gasteiger partial charge in [-0.3, -0.25) is 4.79 Å². The van der Waals surface area contributed by atoms with Gasteiger partial charge >= 0.3 is 5.97 Å². The molecular weight excluding hydrogens is 524 g/mol. The average Bonchev–Trinajstić information content (AvgIpc) is 2.90. The third-order valence-electron chi connectivity index (χ3n) is 6.19. The Morgan fingerprint density at radius 2 is 1.74 bits per heavy atom. The first-order chi connectivity index (χ1) is 18.6. The highest BCUT2D eigenvalue weighted by atomic mass is 32.2. The van der Waals surface area contributed by atoms with Crippen LogP contribution in [0.5, 0.6) is 11.5 Å². The molecule has 10 nitrogen and oxygen atoms in total. The maximum absolute atomic E-state index is 11.7. The third kappa shape index (κ3) is 12.3. The monoisotopic (exact) mass is 566 g/mol. The number of carbonyl (C=O) groups excluding carboxylic acids is 1. The Labute approximate surface area is 231 Å². The van der Waals surface area contributed by atoms with Gasteiger partial charge in [-0.1, -0.05) is 25.0 Å². The summed E-state index contributed by atoms with van der Waals surface area (Å²) in [7, 11) is -2.42. The van der Waals surface area contributed by atoms with Crippen molar-refractivity contribution in [1.82, 2.24) is 5.32 Å². The number of ether oxygens (including phenoxy) is 3. The molecule has 0 bridgehead atoms. The van der Waals surface area contributed by atoms with Crippen molar-refractivity contribution in [3.8, 4) is 11.5 Å². The molecule has 0 aliphatic carbocycles. The van der Waals surface area contributed by atoms with E-state index in [1.807, 2.05) is 6.07 Å². The molecule has 2 rings (SSSR count). The number of aromatic hydroxyl groups is 1. The number of phenols is 1. The summed E-state index contributed by atoms with van der Waals surface area (Å²) in [6, 6.07) is 9.84. The molecule has 1 atom stereocenters. The number of sulfonamides is 1. The van der Waals surface area contributed by atoms with Crippen molar-refractivity contribution < 1.29 is 37.6 Å². The van der Waals surface area contributed by atoms with Crippen LogP contribution in [0.4, 0.5) is 0 Å². The Balaban J connectivity index is 1.50. The molecule has 0 unspecified atom stereocenters. The molecule has 2 aromatic carbocycles. The summed E-state index contributed by atoms with van der Waals surface area (Å²) < 4.78 is 39.2. The second-order valence-electron chi connectivity index (χ2n) is 9.40. The minimum atomic E-state index is -3.83. The number of methoxy groups -OCH3 is 1. The number of hydrogen-bond donors (Lipinski definition) is 4. The highest BCUT2D eigenvalue weighted by Gasteiger charge is 2.15. The lowest BCUT2D eigenvalue weighted by atomic mass is 10.1. The van der Waals surface area contributed by atoms with Gasteiger partial charge in [0.1, 0.15) is 23.0 Å². The summed E-state index contributed by atoms with van der Waals surface area (Å²) in [5.74, 6) is -0.155. The minimum absolute atomic E-state index is 0.00839. The molecule has 0 radical (unpaired) electrons. The number of aryl methyl sites for hydroxylation is 1. The minimum Gasteiger partial charge on any atom is -0.508 e. The van der Waals surface area contributed by atoms with Gasteiger partial charge in [0.25, 0.3) is 0 Å². The first-order valence-electron chi connectivity index (χ1n) is 13.2. The van der Waals surface area contributed by atoms with E-state index in [1.54, 1.807) is 24.3 Å². The number of hydrogen-bond acceptors (Lipinski definition) is 9. The predicted molar refractivity (Wildman–Crippen MR) is 148 cm³/mol. The lowest BCUT2D eigenvalue weighted by Gasteiger charge is -2.14. The molecule has 5 N–H and O–H groups in total. The fraction of sp³-hybridized carbons (Fsp3) is 0.536.